The summed E-state index contributed by atoms with van der Waals surface area (Å²) in [5.41, 5.74) is 1.78. The molecule has 0 atom stereocenters. The third kappa shape index (κ3) is 5.71. The van der Waals surface area contributed by atoms with Gasteiger partial charge in [0.2, 0.25) is 5.95 Å². The SMILES string of the molecule is FC(F)(F)COc1cccc(CSc2nnc(N3CCOCC3)n2-c2ccccc2)c1. The van der Waals surface area contributed by atoms with Gasteiger partial charge in [-0.05, 0) is 29.8 Å². The molecule has 0 saturated carbocycles. The second kappa shape index (κ2) is 9.61. The number of halogens is 3. The number of para-hydroxylation sites is 1. The fourth-order valence-electron chi connectivity index (χ4n) is 3.16. The van der Waals surface area contributed by atoms with Crippen LogP contribution in [0.2, 0.25) is 0 Å². The van der Waals surface area contributed by atoms with Gasteiger partial charge in [0.25, 0.3) is 0 Å². The van der Waals surface area contributed by atoms with Crippen LogP contribution in [0.1, 0.15) is 5.56 Å². The largest absolute Gasteiger partial charge is 0.484 e. The number of alkyl halides is 3. The summed E-state index contributed by atoms with van der Waals surface area (Å²) in [6, 6.07) is 16.5. The Bertz CT molecular complexity index is 992. The quantitative estimate of drug-likeness (QED) is 0.500. The third-order valence-electron chi connectivity index (χ3n) is 4.59. The Hall–Kier alpha value is -2.72. The monoisotopic (exact) mass is 450 g/mol. The van der Waals surface area contributed by atoms with Crippen molar-refractivity contribution < 1.29 is 22.6 Å². The highest BCUT2D eigenvalue weighted by Crippen LogP contribution is 2.30. The minimum Gasteiger partial charge on any atom is -0.484 e. The van der Waals surface area contributed by atoms with Crippen LogP contribution in [0.25, 0.3) is 5.69 Å². The Morgan fingerprint density at radius 2 is 1.77 bits per heavy atom. The molecule has 0 spiro atoms. The molecule has 31 heavy (non-hydrogen) atoms. The molecule has 1 saturated heterocycles. The smallest absolute Gasteiger partial charge is 0.422 e. The Labute approximate surface area is 182 Å². The lowest BCUT2D eigenvalue weighted by Crippen LogP contribution is -2.37. The Kier molecular flexibility index (Phi) is 6.67. The van der Waals surface area contributed by atoms with E-state index in [1.54, 1.807) is 12.1 Å². The standard InChI is InChI=1S/C21H21F3N4O2S/c22-21(23,24)15-30-18-8-4-5-16(13-18)14-31-20-26-25-19(27-9-11-29-12-10-27)28(20)17-6-2-1-3-7-17/h1-8,13H,9-12,14-15H2. The van der Waals surface area contributed by atoms with Gasteiger partial charge in [-0.2, -0.15) is 13.2 Å². The number of anilines is 1. The summed E-state index contributed by atoms with van der Waals surface area (Å²) in [7, 11) is 0. The van der Waals surface area contributed by atoms with Gasteiger partial charge in [-0.3, -0.25) is 4.57 Å². The van der Waals surface area contributed by atoms with E-state index in [0.29, 0.717) is 24.1 Å². The number of thioether (sulfide) groups is 1. The van der Waals surface area contributed by atoms with E-state index in [-0.39, 0.29) is 5.75 Å². The first-order valence-electron chi connectivity index (χ1n) is 9.74. The second-order valence-electron chi connectivity index (χ2n) is 6.89. The molecule has 2 heterocycles. The van der Waals surface area contributed by atoms with Gasteiger partial charge in [-0.1, -0.05) is 42.1 Å². The van der Waals surface area contributed by atoms with E-state index in [0.717, 1.165) is 30.3 Å². The Morgan fingerprint density at radius 1 is 1.00 bits per heavy atom. The van der Waals surface area contributed by atoms with Gasteiger partial charge >= 0.3 is 6.18 Å². The van der Waals surface area contributed by atoms with Crippen LogP contribution in [0, 0.1) is 0 Å². The van der Waals surface area contributed by atoms with E-state index in [4.69, 9.17) is 9.47 Å². The lowest BCUT2D eigenvalue weighted by molar-refractivity contribution is -0.153. The van der Waals surface area contributed by atoms with E-state index in [2.05, 4.69) is 15.1 Å². The zero-order chi connectivity index (χ0) is 21.7. The van der Waals surface area contributed by atoms with Crippen LogP contribution in [0.4, 0.5) is 19.1 Å². The zero-order valence-corrected chi connectivity index (χ0v) is 17.4. The van der Waals surface area contributed by atoms with Gasteiger partial charge in [0.15, 0.2) is 11.8 Å². The summed E-state index contributed by atoms with van der Waals surface area (Å²) in [5.74, 6) is 1.45. The molecule has 10 heteroatoms. The lowest BCUT2D eigenvalue weighted by atomic mass is 10.2. The maximum Gasteiger partial charge on any atom is 0.422 e. The third-order valence-corrected chi connectivity index (χ3v) is 5.59. The van der Waals surface area contributed by atoms with E-state index in [1.165, 1.54) is 17.8 Å². The van der Waals surface area contributed by atoms with Crippen molar-refractivity contribution in [2.24, 2.45) is 0 Å². The number of aromatic nitrogens is 3. The topological polar surface area (TPSA) is 52.4 Å². The molecule has 4 rings (SSSR count). The van der Waals surface area contributed by atoms with Crippen molar-refractivity contribution in [1.82, 2.24) is 14.8 Å². The number of ether oxygens (including phenoxy) is 2. The van der Waals surface area contributed by atoms with Gasteiger partial charge in [-0.15, -0.1) is 10.2 Å². The van der Waals surface area contributed by atoms with E-state index >= 15 is 0 Å². The van der Waals surface area contributed by atoms with Gasteiger partial charge < -0.3 is 14.4 Å². The fraction of sp³-hybridized carbons (Fsp3) is 0.333. The molecule has 6 nitrogen and oxygen atoms in total. The van der Waals surface area contributed by atoms with Crippen LogP contribution >= 0.6 is 11.8 Å². The molecule has 0 bridgehead atoms. The first-order valence-corrected chi connectivity index (χ1v) is 10.7. The molecule has 1 aromatic heterocycles. The normalized spacial score (nSPS) is 14.6. The summed E-state index contributed by atoms with van der Waals surface area (Å²) in [4.78, 5) is 2.14. The predicted molar refractivity (Wildman–Crippen MR) is 112 cm³/mol. The summed E-state index contributed by atoms with van der Waals surface area (Å²) in [5, 5.41) is 9.51. The minimum absolute atomic E-state index is 0.189. The molecule has 164 valence electrons. The Balaban J connectivity index is 1.53. The average Bonchev–Trinajstić information content (AvgIpc) is 3.21. The molecule has 2 aromatic carbocycles. The van der Waals surface area contributed by atoms with Crippen molar-refractivity contribution in [2.45, 2.75) is 17.1 Å². The van der Waals surface area contributed by atoms with Crippen LogP contribution in [-0.2, 0) is 10.5 Å². The number of nitrogens with zero attached hydrogens (tertiary/aromatic N) is 4. The van der Waals surface area contributed by atoms with E-state index in [1.807, 2.05) is 41.0 Å². The Morgan fingerprint density at radius 3 is 2.52 bits per heavy atom. The van der Waals surface area contributed by atoms with Crippen molar-refractivity contribution in [3.05, 3.63) is 60.2 Å². The number of hydrogen-bond acceptors (Lipinski definition) is 6. The van der Waals surface area contributed by atoms with Crippen molar-refractivity contribution >= 4 is 17.7 Å². The molecule has 0 N–H and O–H groups in total. The first-order chi connectivity index (χ1) is 15.0. The van der Waals surface area contributed by atoms with E-state index < -0.39 is 12.8 Å². The molecule has 1 aliphatic rings. The highest BCUT2D eigenvalue weighted by molar-refractivity contribution is 7.98. The van der Waals surface area contributed by atoms with Gasteiger partial charge in [-0.25, -0.2) is 0 Å². The number of rotatable bonds is 7. The molecule has 0 unspecified atom stereocenters. The summed E-state index contributed by atoms with van der Waals surface area (Å²) in [6.07, 6.45) is -4.37. The lowest BCUT2D eigenvalue weighted by Gasteiger charge is -2.27. The van der Waals surface area contributed by atoms with Crippen molar-refractivity contribution in [1.29, 1.82) is 0 Å². The minimum atomic E-state index is -4.37. The van der Waals surface area contributed by atoms with Crippen LogP contribution in [0.3, 0.4) is 0 Å². The number of hydrogen-bond donors (Lipinski definition) is 0. The summed E-state index contributed by atoms with van der Waals surface area (Å²) < 4.78 is 49.5. The van der Waals surface area contributed by atoms with Gasteiger partial charge in [0.1, 0.15) is 5.75 Å². The molecular formula is C21H21F3N4O2S. The van der Waals surface area contributed by atoms with Gasteiger partial charge in [0, 0.05) is 18.8 Å². The van der Waals surface area contributed by atoms with E-state index in [9.17, 15) is 13.2 Å². The second-order valence-corrected chi connectivity index (χ2v) is 7.84. The molecule has 0 amide bonds. The fourth-order valence-corrected chi connectivity index (χ4v) is 4.06. The molecule has 3 aromatic rings. The maximum atomic E-state index is 12.4. The van der Waals surface area contributed by atoms with Crippen LogP contribution < -0.4 is 9.64 Å². The summed E-state index contributed by atoms with van der Waals surface area (Å²) >= 11 is 1.47. The zero-order valence-electron chi connectivity index (χ0n) is 16.6. The van der Waals surface area contributed by atoms with Crippen molar-refractivity contribution in [3.63, 3.8) is 0 Å². The van der Waals surface area contributed by atoms with Crippen LogP contribution in [0.15, 0.2) is 59.8 Å². The average molecular weight is 450 g/mol. The first kappa shape index (κ1) is 21.5. The van der Waals surface area contributed by atoms with Crippen LogP contribution in [-0.4, -0.2) is 53.9 Å². The molecular weight excluding hydrogens is 429 g/mol. The molecule has 1 fully saturated rings. The highest BCUT2D eigenvalue weighted by atomic mass is 32.2. The number of morpholine rings is 1. The van der Waals surface area contributed by atoms with Crippen molar-refractivity contribution in [2.75, 3.05) is 37.8 Å². The molecule has 0 radical (unpaired) electrons. The maximum absolute atomic E-state index is 12.4. The predicted octanol–water partition coefficient (Wildman–Crippen LogP) is 4.34. The van der Waals surface area contributed by atoms with Crippen molar-refractivity contribution in [3.8, 4) is 11.4 Å². The number of benzene rings is 2. The van der Waals surface area contributed by atoms with Gasteiger partial charge in [0.05, 0.1) is 18.9 Å². The summed E-state index contributed by atoms with van der Waals surface area (Å²) in [6.45, 7) is 1.42. The highest BCUT2D eigenvalue weighted by Gasteiger charge is 2.28. The van der Waals surface area contributed by atoms with Crippen LogP contribution in [0.5, 0.6) is 5.75 Å². The molecule has 1 aliphatic heterocycles. The molecule has 0 aliphatic carbocycles.